The molecule has 4 rings (SSSR count). The highest BCUT2D eigenvalue weighted by Crippen LogP contribution is 2.28. The summed E-state index contributed by atoms with van der Waals surface area (Å²) >= 11 is 0. The molecule has 0 saturated carbocycles. The molecule has 6 heteroatoms. The molecule has 0 unspecified atom stereocenters. The number of H-pyrrole nitrogens is 1. The third-order valence-corrected chi connectivity index (χ3v) is 5.40. The van der Waals surface area contributed by atoms with Gasteiger partial charge in [0.2, 0.25) is 0 Å². The van der Waals surface area contributed by atoms with Gasteiger partial charge in [-0.15, -0.1) is 0 Å². The van der Waals surface area contributed by atoms with Gasteiger partial charge in [-0.3, -0.25) is 14.9 Å². The quantitative estimate of drug-likeness (QED) is 0.476. The predicted molar refractivity (Wildman–Crippen MR) is 127 cm³/mol. The van der Waals surface area contributed by atoms with Crippen LogP contribution in [-0.2, 0) is 13.5 Å². The Morgan fingerprint density at radius 3 is 2.58 bits per heavy atom. The molecular weight excluding hydrogens is 386 g/mol. The summed E-state index contributed by atoms with van der Waals surface area (Å²) in [6.45, 7) is 10.6. The number of nitrogens with one attached hydrogen (secondary N) is 2. The molecule has 0 radical (unpaired) electrons. The summed E-state index contributed by atoms with van der Waals surface area (Å²) in [6.07, 6.45) is 2.74. The van der Waals surface area contributed by atoms with E-state index in [9.17, 15) is 4.79 Å². The molecule has 31 heavy (non-hydrogen) atoms. The molecule has 160 valence electrons. The van der Waals surface area contributed by atoms with Crippen LogP contribution in [0, 0.1) is 19.3 Å². The molecule has 0 aliphatic rings. The Balaban J connectivity index is 1.71. The lowest BCUT2D eigenvalue weighted by molar-refractivity contribution is 0.406. The first-order valence-electron chi connectivity index (χ1n) is 10.5. The first-order valence-corrected chi connectivity index (χ1v) is 10.5. The Hall–Kier alpha value is -3.41. The average Bonchev–Trinajstić information content (AvgIpc) is 3.11. The van der Waals surface area contributed by atoms with Gasteiger partial charge in [0, 0.05) is 47.3 Å². The van der Waals surface area contributed by atoms with E-state index in [4.69, 9.17) is 0 Å². The standard InChI is InChI=1S/C25H29N5O/c1-15-7-8-18(27-23-12-19(28-29-23)13-25(3,4)5)11-20(15)21-10-17-14-26-16(2)9-22(17)30(6)24(21)31/h7-12,14H,13H2,1-6H3,(H2,27,28,29). The molecule has 6 nitrogen and oxygen atoms in total. The zero-order chi connectivity index (χ0) is 22.3. The van der Waals surface area contributed by atoms with E-state index in [0.29, 0.717) is 5.56 Å². The second-order valence-electron chi connectivity index (χ2n) is 9.48. The molecule has 0 atom stereocenters. The van der Waals surface area contributed by atoms with Crippen molar-refractivity contribution in [1.82, 2.24) is 19.7 Å². The van der Waals surface area contributed by atoms with Gasteiger partial charge in [0.05, 0.1) is 5.52 Å². The number of aromatic nitrogens is 4. The molecule has 1 aromatic carbocycles. The maximum Gasteiger partial charge on any atom is 0.258 e. The second-order valence-corrected chi connectivity index (χ2v) is 9.48. The van der Waals surface area contributed by atoms with Gasteiger partial charge in [-0.1, -0.05) is 26.8 Å². The van der Waals surface area contributed by atoms with E-state index in [-0.39, 0.29) is 11.0 Å². The van der Waals surface area contributed by atoms with Gasteiger partial charge in [-0.25, -0.2) is 0 Å². The summed E-state index contributed by atoms with van der Waals surface area (Å²) < 4.78 is 1.70. The highest BCUT2D eigenvalue weighted by molar-refractivity contribution is 5.85. The van der Waals surface area contributed by atoms with Gasteiger partial charge < -0.3 is 9.88 Å². The maximum atomic E-state index is 13.2. The van der Waals surface area contributed by atoms with Crippen LogP contribution >= 0.6 is 0 Å². The number of benzene rings is 1. The highest BCUT2D eigenvalue weighted by atomic mass is 16.1. The average molecular weight is 416 g/mol. The van der Waals surface area contributed by atoms with Crippen LogP contribution in [0.2, 0.25) is 0 Å². The molecule has 0 saturated heterocycles. The second kappa shape index (κ2) is 7.69. The molecule has 2 N–H and O–H groups in total. The fourth-order valence-electron chi connectivity index (χ4n) is 3.88. The van der Waals surface area contributed by atoms with Crippen molar-refractivity contribution in [1.29, 1.82) is 0 Å². The SMILES string of the molecule is Cc1cc2c(cn1)cc(-c1cc(Nc3cc(CC(C)(C)C)[nH]n3)ccc1C)c(=O)n2C. The van der Waals surface area contributed by atoms with E-state index in [2.05, 4.69) is 41.3 Å². The summed E-state index contributed by atoms with van der Waals surface area (Å²) in [5.41, 5.74) is 6.52. The minimum absolute atomic E-state index is 0.0226. The Bertz CT molecular complexity index is 1320. The van der Waals surface area contributed by atoms with Gasteiger partial charge in [0.1, 0.15) is 0 Å². The fourth-order valence-corrected chi connectivity index (χ4v) is 3.88. The number of hydrogen-bond acceptors (Lipinski definition) is 4. The highest BCUT2D eigenvalue weighted by Gasteiger charge is 2.15. The Labute approximate surface area is 182 Å². The zero-order valence-corrected chi connectivity index (χ0v) is 19.0. The van der Waals surface area contributed by atoms with Gasteiger partial charge >= 0.3 is 0 Å². The minimum atomic E-state index is -0.0226. The van der Waals surface area contributed by atoms with E-state index in [1.54, 1.807) is 4.57 Å². The molecule has 0 amide bonds. The van der Waals surface area contributed by atoms with Crippen LogP contribution in [0.1, 0.15) is 37.7 Å². The van der Waals surface area contributed by atoms with Crippen LogP contribution < -0.4 is 10.9 Å². The Morgan fingerprint density at radius 1 is 1.06 bits per heavy atom. The maximum absolute atomic E-state index is 13.2. The topological polar surface area (TPSA) is 75.6 Å². The largest absolute Gasteiger partial charge is 0.339 e. The van der Waals surface area contributed by atoms with E-state index >= 15 is 0 Å². The zero-order valence-electron chi connectivity index (χ0n) is 19.0. The van der Waals surface area contributed by atoms with Crippen molar-refractivity contribution in [2.45, 2.75) is 41.0 Å². The summed E-state index contributed by atoms with van der Waals surface area (Å²) in [7, 11) is 1.81. The van der Waals surface area contributed by atoms with Crippen molar-refractivity contribution in [2.75, 3.05) is 5.32 Å². The number of aryl methyl sites for hydroxylation is 3. The van der Waals surface area contributed by atoms with Crippen LogP contribution in [0.4, 0.5) is 11.5 Å². The third kappa shape index (κ3) is 4.38. The van der Waals surface area contributed by atoms with Gasteiger partial charge in [0.15, 0.2) is 5.82 Å². The first-order chi connectivity index (χ1) is 14.6. The molecule has 0 fully saturated rings. The molecule has 3 aromatic heterocycles. The van der Waals surface area contributed by atoms with E-state index in [0.717, 1.165) is 51.3 Å². The summed E-state index contributed by atoms with van der Waals surface area (Å²) in [6, 6.07) is 12.0. The van der Waals surface area contributed by atoms with Crippen molar-refractivity contribution in [3.8, 4) is 11.1 Å². The number of fused-ring (bicyclic) bond motifs is 1. The normalized spacial score (nSPS) is 11.8. The summed E-state index contributed by atoms with van der Waals surface area (Å²) in [5.74, 6) is 0.764. The number of nitrogens with zero attached hydrogens (tertiary/aromatic N) is 3. The van der Waals surface area contributed by atoms with Crippen LogP contribution in [0.25, 0.3) is 22.0 Å². The van der Waals surface area contributed by atoms with Crippen LogP contribution in [0.5, 0.6) is 0 Å². The van der Waals surface area contributed by atoms with Crippen molar-refractivity contribution in [3.05, 3.63) is 69.9 Å². The number of aromatic amines is 1. The lowest BCUT2D eigenvalue weighted by Crippen LogP contribution is -2.19. The number of rotatable bonds is 4. The van der Waals surface area contributed by atoms with Crippen LogP contribution in [-0.4, -0.2) is 19.7 Å². The third-order valence-electron chi connectivity index (χ3n) is 5.40. The Kier molecular flexibility index (Phi) is 5.17. The van der Waals surface area contributed by atoms with Crippen molar-refractivity contribution < 1.29 is 0 Å². The van der Waals surface area contributed by atoms with E-state index in [1.807, 2.05) is 63.5 Å². The van der Waals surface area contributed by atoms with Gasteiger partial charge in [-0.05, 0) is 61.1 Å². The summed E-state index contributed by atoms with van der Waals surface area (Å²) in [4.78, 5) is 17.6. The summed E-state index contributed by atoms with van der Waals surface area (Å²) in [5, 5.41) is 11.8. The number of anilines is 2. The lowest BCUT2D eigenvalue weighted by atomic mass is 9.91. The lowest BCUT2D eigenvalue weighted by Gasteiger charge is -2.15. The predicted octanol–water partition coefficient (Wildman–Crippen LogP) is 5.27. The van der Waals surface area contributed by atoms with Crippen molar-refractivity contribution in [2.24, 2.45) is 12.5 Å². The molecule has 0 bridgehead atoms. The molecule has 0 aliphatic carbocycles. The Morgan fingerprint density at radius 2 is 1.84 bits per heavy atom. The van der Waals surface area contributed by atoms with Crippen LogP contribution in [0.3, 0.4) is 0 Å². The molecule has 0 spiro atoms. The van der Waals surface area contributed by atoms with Crippen molar-refractivity contribution in [3.63, 3.8) is 0 Å². The first kappa shape index (κ1) is 20.8. The number of pyridine rings is 2. The molecule has 4 aromatic rings. The van der Waals surface area contributed by atoms with Crippen LogP contribution in [0.15, 0.2) is 47.4 Å². The monoisotopic (exact) mass is 415 g/mol. The van der Waals surface area contributed by atoms with Gasteiger partial charge in [0.25, 0.3) is 5.56 Å². The molecule has 3 heterocycles. The van der Waals surface area contributed by atoms with Crippen molar-refractivity contribution >= 4 is 22.4 Å². The van der Waals surface area contributed by atoms with Gasteiger partial charge in [-0.2, -0.15) is 5.10 Å². The van der Waals surface area contributed by atoms with E-state index in [1.165, 1.54) is 0 Å². The number of hydrogen-bond donors (Lipinski definition) is 2. The fraction of sp³-hybridized carbons (Fsp3) is 0.320. The minimum Gasteiger partial charge on any atom is -0.339 e. The smallest absolute Gasteiger partial charge is 0.258 e. The van der Waals surface area contributed by atoms with E-state index < -0.39 is 0 Å². The molecular formula is C25H29N5O. The molecule has 0 aliphatic heterocycles.